The summed E-state index contributed by atoms with van der Waals surface area (Å²) < 4.78 is 0. The molecular weight excluding hydrogens is 208 g/mol. The van der Waals surface area contributed by atoms with E-state index in [2.05, 4.69) is 37.9 Å². The summed E-state index contributed by atoms with van der Waals surface area (Å²) in [4.78, 5) is 2.65. The van der Waals surface area contributed by atoms with E-state index >= 15 is 0 Å². The van der Waals surface area contributed by atoms with Gasteiger partial charge < -0.3 is 10.2 Å². The molecule has 0 aromatic carbocycles. The Labute approximate surface area is 108 Å². The van der Waals surface area contributed by atoms with Crippen molar-refractivity contribution in [1.82, 2.24) is 10.2 Å². The maximum absolute atomic E-state index is 3.56. The predicted molar refractivity (Wildman–Crippen MR) is 76.4 cm³/mol. The normalized spacial score (nSPS) is 27.5. The van der Waals surface area contributed by atoms with Crippen LogP contribution in [0.5, 0.6) is 0 Å². The second-order valence-corrected chi connectivity index (χ2v) is 6.07. The maximum Gasteiger partial charge on any atom is 0.00387 e. The molecule has 1 aliphatic rings. The molecule has 0 aromatic rings. The highest BCUT2D eigenvalue weighted by Crippen LogP contribution is 2.22. The monoisotopic (exact) mass is 240 g/mol. The summed E-state index contributed by atoms with van der Waals surface area (Å²) >= 11 is 0. The van der Waals surface area contributed by atoms with Crippen LogP contribution in [0.25, 0.3) is 0 Å². The Morgan fingerprint density at radius 1 is 1.18 bits per heavy atom. The van der Waals surface area contributed by atoms with E-state index in [9.17, 15) is 0 Å². The standard InChI is InChI=1S/C15H32N2/c1-5-9-16-15(4)8-6-7-10-17-11-13(2)14(3)12-17/h13-16H,5-12H2,1-4H3. The Kier molecular flexibility index (Phi) is 7.14. The summed E-state index contributed by atoms with van der Waals surface area (Å²) in [6.45, 7) is 14.5. The third-order valence-electron chi connectivity index (χ3n) is 4.17. The first kappa shape index (κ1) is 15.0. The van der Waals surface area contributed by atoms with Crippen LogP contribution in [0.4, 0.5) is 0 Å². The van der Waals surface area contributed by atoms with Gasteiger partial charge in [0.2, 0.25) is 0 Å². The minimum atomic E-state index is 0.700. The van der Waals surface area contributed by atoms with E-state index in [4.69, 9.17) is 0 Å². The van der Waals surface area contributed by atoms with Gasteiger partial charge in [-0.25, -0.2) is 0 Å². The average molecular weight is 240 g/mol. The van der Waals surface area contributed by atoms with Crippen LogP contribution in [0.2, 0.25) is 0 Å². The Bertz CT molecular complexity index is 183. The van der Waals surface area contributed by atoms with Crippen molar-refractivity contribution in [2.45, 2.75) is 59.4 Å². The van der Waals surface area contributed by atoms with Crippen LogP contribution < -0.4 is 5.32 Å². The summed E-state index contributed by atoms with van der Waals surface area (Å²) in [5.74, 6) is 1.81. The van der Waals surface area contributed by atoms with Gasteiger partial charge in [-0.15, -0.1) is 0 Å². The van der Waals surface area contributed by atoms with E-state index < -0.39 is 0 Å². The molecule has 3 atom stereocenters. The van der Waals surface area contributed by atoms with Gasteiger partial charge in [0, 0.05) is 19.1 Å². The molecule has 1 N–H and O–H groups in total. The highest BCUT2D eigenvalue weighted by atomic mass is 15.1. The second kappa shape index (κ2) is 8.10. The Morgan fingerprint density at radius 3 is 2.41 bits per heavy atom. The van der Waals surface area contributed by atoms with Crippen molar-refractivity contribution in [3.8, 4) is 0 Å². The van der Waals surface area contributed by atoms with E-state index in [0.29, 0.717) is 6.04 Å². The molecule has 3 unspecified atom stereocenters. The molecule has 17 heavy (non-hydrogen) atoms. The first-order valence-electron chi connectivity index (χ1n) is 7.59. The fourth-order valence-electron chi connectivity index (χ4n) is 2.71. The number of hydrogen-bond acceptors (Lipinski definition) is 2. The third-order valence-corrected chi connectivity index (χ3v) is 4.17. The molecule has 102 valence electrons. The average Bonchev–Trinajstić information content (AvgIpc) is 2.61. The van der Waals surface area contributed by atoms with Crippen molar-refractivity contribution < 1.29 is 0 Å². The molecule has 1 rings (SSSR count). The number of nitrogens with one attached hydrogen (secondary N) is 1. The van der Waals surface area contributed by atoms with Crippen LogP contribution in [0.3, 0.4) is 0 Å². The van der Waals surface area contributed by atoms with E-state index in [0.717, 1.165) is 11.8 Å². The minimum Gasteiger partial charge on any atom is -0.314 e. The molecule has 0 aliphatic carbocycles. The van der Waals surface area contributed by atoms with Crippen LogP contribution >= 0.6 is 0 Å². The zero-order chi connectivity index (χ0) is 12.7. The van der Waals surface area contributed by atoms with Crippen molar-refractivity contribution in [1.29, 1.82) is 0 Å². The van der Waals surface area contributed by atoms with Gasteiger partial charge in [0.15, 0.2) is 0 Å². The van der Waals surface area contributed by atoms with E-state index in [1.807, 2.05) is 0 Å². The quantitative estimate of drug-likeness (QED) is 0.656. The Hall–Kier alpha value is -0.0800. The first-order valence-corrected chi connectivity index (χ1v) is 7.59. The van der Waals surface area contributed by atoms with Gasteiger partial charge >= 0.3 is 0 Å². The molecule has 2 heteroatoms. The molecule has 0 saturated carbocycles. The van der Waals surface area contributed by atoms with Gasteiger partial charge in [-0.3, -0.25) is 0 Å². The SMILES string of the molecule is CCCNC(C)CCCCN1CC(C)C(C)C1. The molecule has 2 nitrogen and oxygen atoms in total. The smallest absolute Gasteiger partial charge is 0.00387 e. The highest BCUT2D eigenvalue weighted by molar-refractivity contribution is 4.78. The van der Waals surface area contributed by atoms with E-state index in [-0.39, 0.29) is 0 Å². The fourth-order valence-corrected chi connectivity index (χ4v) is 2.71. The Morgan fingerprint density at radius 2 is 1.82 bits per heavy atom. The minimum absolute atomic E-state index is 0.700. The van der Waals surface area contributed by atoms with E-state index in [1.165, 1.54) is 51.9 Å². The van der Waals surface area contributed by atoms with Crippen molar-refractivity contribution in [3.05, 3.63) is 0 Å². The van der Waals surface area contributed by atoms with Crippen LogP contribution in [-0.4, -0.2) is 37.1 Å². The first-order chi connectivity index (χ1) is 8.13. The summed E-state index contributed by atoms with van der Waals surface area (Å²) in [6.07, 6.45) is 5.32. The number of nitrogens with zero attached hydrogens (tertiary/aromatic N) is 1. The molecule has 0 spiro atoms. The molecule has 0 amide bonds. The lowest BCUT2D eigenvalue weighted by molar-refractivity contribution is 0.311. The van der Waals surface area contributed by atoms with Crippen molar-refractivity contribution in [3.63, 3.8) is 0 Å². The van der Waals surface area contributed by atoms with Gasteiger partial charge in [-0.1, -0.05) is 27.2 Å². The molecule has 1 heterocycles. The van der Waals surface area contributed by atoms with Gasteiger partial charge in [-0.05, 0) is 51.1 Å². The lowest BCUT2D eigenvalue weighted by atomic mass is 10.0. The van der Waals surface area contributed by atoms with Crippen molar-refractivity contribution in [2.24, 2.45) is 11.8 Å². The van der Waals surface area contributed by atoms with Gasteiger partial charge in [-0.2, -0.15) is 0 Å². The molecule has 0 radical (unpaired) electrons. The summed E-state index contributed by atoms with van der Waals surface area (Å²) in [5, 5.41) is 3.56. The zero-order valence-corrected chi connectivity index (χ0v) is 12.3. The molecular formula is C15H32N2. The topological polar surface area (TPSA) is 15.3 Å². The van der Waals surface area contributed by atoms with Crippen molar-refractivity contribution in [2.75, 3.05) is 26.2 Å². The maximum atomic E-state index is 3.56. The fraction of sp³-hybridized carbons (Fsp3) is 1.00. The van der Waals surface area contributed by atoms with Crippen molar-refractivity contribution >= 4 is 0 Å². The third kappa shape index (κ3) is 5.87. The van der Waals surface area contributed by atoms with Gasteiger partial charge in [0.25, 0.3) is 0 Å². The largest absolute Gasteiger partial charge is 0.314 e. The molecule has 1 fully saturated rings. The van der Waals surface area contributed by atoms with Crippen LogP contribution in [0.15, 0.2) is 0 Å². The summed E-state index contributed by atoms with van der Waals surface area (Å²) in [7, 11) is 0. The van der Waals surface area contributed by atoms with E-state index in [1.54, 1.807) is 0 Å². The van der Waals surface area contributed by atoms with Crippen LogP contribution in [0.1, 0.15) is 53.4 Å². The van der Waals surface area contributed by atoms with Crippen LogP contribution in [0, 0.1) is 11.8 Å². The zero-order valence-electron chi connectivity index (χ0n) is 12.3. The highest BCUT2D eigenvalue weighted by Gasteiger charge is 2.25. The molecule has 1 aliphatic heterocycles. The lowest BCUT2D eigenvalue weighted by Gasteiger charge is -2.17. The summed E-state index contributed by atoms with van der Waals surface area (Å²) in [5.41, 5.74) is 0. The van der Waals surface area contributed by atoms with Gasteiger partial charge in [0.1, 0.15) is 0 Å². The number of rotatable bonds is 8. The number of likely N-dealkylation sites (tertiary alicyclic amines) is 1. The van der Waals surface area contributed by atoms with Gasteiger partial charge in [0.05, 0.1) is 0 Å². The molecule has 0 bridgehead atoms. The summed E-state index contributed by atoms with van der Waals surface area (Å²) in [6, 6.07) is 0.700. The predicted octanol–water partition coefficient (Wildman–Crippen LogP) is 3.13. The van der Waals surface area contributed by atoms with Crippen LogP contribution in [-0.2, 0) is 0 Å². The molecule has 1 saturated heterocycles. The second-order valence-electron chi connectivity index (χ2n) is 6.07. The lowest BCUT2D eigenvalue weighted by Crippen LogP contribution is -2.27. The molecule has 0 aromatic heterocycles. The Balaban J connectivity index is 1.97. The number of hydrogen-bond donors (Lipinski definition) is 1. The number of unbranched alkanes of at least 4 members (excludes halogenated alkanes) is 1.